The topological polar surface area (TPSA) is 17.1 Å². The maximum atomic E-state index is 12.9. The number of fused-ring (bicyclic) bond motifs is 2. The van der Waals surface area contributed by atoms with Gasteiger partial charge in [0.15, 0.2) is 5.78 Å². The monoisotopic (exact) mass is 312 g/mol. The van der Waals surface area contributed by atoms with Gasteiger partial charge >= 0.3 is 0 Å². The second-order valence-corrected chi connectivity index (χ2v) is 9.13. The van der Waals surface area contributed by atoms with Crippen molar-refractivity contribution in [2.75, 3.05) is 21.1 Å². The van der Waals surface area contributed by atoms with Gasteiger partial charge in [-0.05, 0) is 66.5 Å². The summed E-state index contributed by atoms with van der Waals surface area (Å²) in [6, 6.07) is 6.58. The summed E-state index contributed by atoms with van der Waals surface area (Å²) in [5.41, 5.74) is 4.75. The average Bonchev–Trinajstić information content (AvgIpc) is 2.72. The third kappa shape index (κ3) is 2.22. The van der Waals surface area contributed by atoms with Crippen LogP contribution >= 0.6 is 0 Å². The summed E-state index contributed by atoms with van der Waals surface area (Å²) in [7, 11) is 6.55. The van der Waals surface area contributed by atoms with Gasteiger partial charge in [-0.15, -0.1) is 0 Å². The van der Waals surface area contributed by atoms with Crippen LogP contribution in [0, 0.1) is 23.7 Å². The van der Waals surface area contributed by atoms with E-state index in [1.165, 1.54) is 11.3 Å². The number of quaternary nitrogens is 1. The minimum Gasteiger partial charge on any atom is -0.298 e. The Kier molecular flexibility index (Phi) is 3.43. The predicted octanol–water partition coefficient (Wildman–Crippen LogP) is 4.60. The van der Waals surface area contributed by atoms with Crippen molar-refractivity contribution in [3.63, 3.8) is 0 Å². The van der Waals surface area contributed by atoms with Gasteiger partial charge in [0, 0.05) is 11.0 Å². The Morgan fingerprint density at radius 2 is 1.83 bits per heavy atom. The van der Waals surface area contributed by atoms with Crippen molar-refractivity contribution < 1.29 is 4.79 Å². The smallest absolute Gasteiger partial charge is 0.165 e. The van der Waals surface area contributed by atoms with Crippen LogP contribution in [0.15, 0.2) is 23.8 Å². The lowest BCUT2D eigenvalue weighted by Crippen LogP contribution is -2.35. The molecule has 0 heterocycles. The number of aryl methyl sites for hydroxylation is 1. The van der Waals surface area contributed by atoms with E-state index < -0.39 is 0 Å². The summed E-state index contributed by atoms with van der Waals surface area (Å²) in [5.74, 6) is 0.797. The molecule has 2 aliphatic carbocycles. The molecule has 0 spiro atoms. The van der Waals surface area contributed by atoms with Crippen molar-refractivity contribution in [1.82, 2.24) is 4.48 Å². The molecule has 2 heteroatoms. The highest BCUT2D eigenvalue weighted by molar-refractivity contribution is 6.08. The lowest BCUT2D eigenvalue weighted by Gasteiger charge is -2.31. The minimum absolute atomic E-state index is 0.0905. The number of hydrogen-bond acceptors (Lipinski definition) is 1. The van der Waals surface area contributed by atoms with Crippen LogP contribution in [0.3, 0.4) is 0 Å². The normalized spacial score (nSPS) is 31.2. The fraction of sp³-hybridized carbons (Fsp3) is 0.571. The van der Waals surface area contributed by atoms with E-state index in [2.05, 4.69) is 73.1 Å². The van der Waals surface area contributed by atoms with Gasteiger partial charge in [0.25, 0.3) is 0 Å². The lowest BCUT2D eigenvalue weighted by molar-refractivity contribution is -0.125. The zero-order valence-electron chi connectivity index (χ0n) is 15.7. The van der Waals surface area contributed by atoms with Crippen molar-refractivity contribution in [2.45, 2.75) is 40.5 Å². The zero-order chi connectivity index (χ0) is 17.2. The first-order chi connectivity index (χ1) is 10.5. The van der Waals surface area contributed by atoms with E-state index in [0.717, 1.165) is 28.5 Å². The van der Waals surface area contributed by atoms with Crippen LogP contribution < -0.4 is 4.48 Å². The van der Waals surface area contributed by atoms with Crippen LogP contribution in [0.5, 0.6) is 0 Å². The molecular weight excluding hydrogens is 282 g/mol. The Hall–Kier alpha value is -1.41. The molecule has 1 aromatic carbocycles. The number of nitrogens with zero attached hydrogens (tertiary/aromatic N) is 1. The Balaban J connectivity index is 2.01. The number of hydrogen-bond donors (Lipinski definition) is 0. The molecule has 0 saturated heterocycles. The van der Waals surface area contributed by atoms with E-state index in [0.29, 0.717) is 11.7 Å². The van der Waals surface area contributed by atoms with E-state index in [9.17, 15) is 4.79 Å². The van der Waals surface area contributed by atoms with E-state index >= 15 is 0 Å². The number of Topliss-reactive ketones (excluding diaryl/α,β-unsaturated/α-hetero) is 1. The first kappa shape index (κ1) is 16.4. The fourth-order valence-electron chi connectivity index (χ4n) is 4.79. The molecule has 0 aliphatic heterocycles. The Morgan fingerprint density at radius 3 is 2.30 bits per heavy atom. The molecule has 0 unspecified atom stereocenters. The highest BCUT2D eigenvalue weighted by Crippen LogP contribution is 2.65. The maximum Gasteiger partial charge on any atom is 0.165 e. The second-order valence-electron chi connectivity index (χ2n) is 9.13. The van der Waals surface area contributed by atoms with Crippen LogP contribution in [0.2, 0.25) is 0 Å². The summed E-state index contributed by atoms with van der Waals surface area (Å²) < 4.78 is 0.815. The molecule has 1 aromatic rings. The highest BCUT2D eigenvalue weighted by atomic mass is 16.1. The first-order valence-electron chi connectivity index (χ1n) is 8.67. The van der Waals surface area contributed by atoms with E-state index in [1.54, 1.807) is 0 Å². The minimum atomic E-state index is -0.166. The first-order valence-corrected chi connectivity index (χ1v) is 8.67. The molecule has 0 N–H and O–H groups in total. The van der Waals surface area contributed by atoms with Gasteiger partial charge < -0.3 is 0 Å². The number of ketones is 1. The Bertz CT molecular complexity index is 705. The summed E-state index contributed by atoms with van der Waals surface area (Å²) in [4.78, 5) is 12.9. The highest BCUT2D eigenvalue weighted by Gasteiger charge is 2.63. The van der Waals surface area contributed by atoms with Crippen LogP contribution in [0.1, 0.15) is 44.7 Å². The molecule has 2 bridgehead atoms. The van der Waals surface area contributed by atoms with Crippen molar-refractivity contribution in [3.05, 3.63) is 34.9 Å². The molecule has 2 fully saturated rings. The number of carbonyl (C=O) groups is 1. The molecule has 3 rings (SSSR count). The van der Waals surface area contributed by atoms with Crippen LogP contribution in [-0.4, -0.2) is 26.9 Å². The summed E-state index contributed by atoms with van der Waals surface area (Å²) in [6.45, 7) is 8.87. The SMILES string of the molecule is Cc1cc(/C=C2\C(=O)[C@@]3(C)CC[C@H]2C3(C)C)ccc1[N+](C)(C)C. The van der Waals surface area contributed by atoms with Crippen molar-refractivity contribution in [2.24, 2.45) is 16.7 Å². The average molecular weight is 312 g/mol. The fourth-order valence-corrected chi connectivity index (χ4v) is 4.79. The Labute approximate surface area is 140 Å². The maximum absolute atomic E-state index is 12.9. The van der Waals surface area contributed by atoms with Gasteiger partial charge in [0.1, 0.15) is 5.69 Å². The van der Waals surface area contributed by atoms with Gasteiger partial charge in [-0.25, -0.2) is 0 Å². The molecule has 124 valence electrons. The van der Waals surface area contributed by atoms with Gasteiger partial charge in [0.2, 0.25) is 0 Å². The standard InChI is InChI=1S/C21H30NO/c1-14-12-15(8-9-18(14)22(5,6)7)13-16-17-10-11-21(4,19(16)23)20(17,2)3/h8-9,12-13,17H,10-11H2,1-7H3/q+1/b16-13-/t17-,21-/m1/s1. The lowest BCUT2D eigenvalue weighted by atomic mass is 9.70. The Morgan fingerprint density at radius 1 is 1.17 bits per heavy atom. The van der Waals surface area contributed by atoms with Crippen molar-refractivity contribution >= 4 is 17.5 Å². The third-order valence-electron chi connectivity index (χ3n) is 6.63. The zero-order valence-corrected chi connectivity index (χ0v) is 15.7. The van der Waals surface area contributed by atoms with Crippen molar-refractivity contribution in [1.29, 1.82) is 0 Å². The van der Waals surface area contributed by atoms with Gasteiger partial charge in [0.05, 0.1) is 21.1 Å². The summed E-state index contributed by atoms with van der Waals surface area (Å²) in [6.07, 6.45) is 4.35. The quantitative estimate of drug-likeness (QED) is 0.576. The molecule has 0 radical (unpaired) electrons. The van der Waals surface area contributed by atoms with Crippen LogP contribution in [0.4, 0.5) is 5.69 Å². The summed E-state index contributed by atoms with van der Waals surface area (Å²) >= 11 is 0. The van der Waals surface area contributed by atoms with Crippen LogP contribution in [-0.2, 0) is 4.79 Å². The number of allylic oxidation sites excluding steroid dienone is 1. The predicted molar refractivity (Wildman–Crippen MR) is 98.3 cm³/mol. The molecule has 2 nitrogen and oxygen atoms in total. The molecule has 0 amide bonds. The summed E-state index contributed by atoms with van der Waals surface area (Å²) in [5, 5.41) is 0. The second kappa shape index (κ2) is 4.80. The van der Waals surface area contributed by atoms with Gasteiger partial charge in [-0.1, -0.05) is 20.8 Å². The van der Waals surface area contributed by atoms with Gasteiger partial charge in [-0.3, -0.25) is 9.28 Å². The van der Waals surface area contributed by atoms with Crippen LogP contribution in [0.25, 0.3) is 6.08 Å². The third-order valence-corrected chi connectivity index (χ3v) is 6.63. The number of rotatable bonds is 2. The molecule has 2 aliphatic rings. The molecule has 2 saturated carbocycles. The molecule has 23 heavy (non-hydrogen) atoms. The largest absolute Gasteiger partial charge is 0.298 e. The molecule has 2 atom stereocenters. The molecule has 0 aromatic heterocycles. The van der Waals surface area contributed by atoms with Gasteiger partial charge in [-0.2, -0.15) is 0 Å². The van der Waals surface area contributed by atoms with E-state index in [4.69, 9.17) is 0 Å². The number of carbonyl (C=O) groups excluding carboxylic acids is 1. The number of benzene rings is 1. The van der Waals surface area contributed by atoms with E-state index in [1.807, 2.05) is 0 Å². The van der Waals surface area contributed by atoms with Crippen molar-refractivity contribution in [3.8, 4) is 0 Å². The molecular formula is C21H30NO+. The van der Waals surface area contributed by atoms with E-state index in [-0.39, 0.29) is 10.8 Å².